The molecule has 1 heterocycles. The van der Waals surface area contributed by atoms with E-state index in [4.69, 9.17) is 4.74 Å². The van der Waals surface area contributed by atoms with E-state index in [-0.39, 0.29) is 22.7 Å². The third-order valence-electron chi connectivity index (χ3n) is 4.80. The Morgan fingerprint density at radius 2 is 1.87 bits per heavy atom. The van der Waals surface area contributed by atoms with Gasteiger partial charge in [-0.1, -0.05) is 23.8 Å². The number of carbonyl (C=O) groups is 1. The zero-order valence-corrected chi connectivity index (χ0v) is 16.8. The second kappa shape index (κ2) is 8.22. The first-order valence-electron chi connectivity index (χ1n) is 9.53. The molecule has 1 aromatic heterocycles. The number of halogens is 3. The number of allylic oxidation sites excluding steroid dienone is 1. The van der Waals surface area contributed by atoms with Crippen LogP contribution in [0, 0.1) is 17.5 Å². The van der Waals surface area contributed by atoms with Crippen LogP contribution >= 0.6 is 0 Å². The van der Waals surface area contributed by atoms with Gasteiger partial charge in [-0.2, -0.15) is 9.37 Å². The maximum atomic E-state index is 14.9. The van der Waals surface area contributed by atoms with E-state index in [9.17, 15) is 18.0 Å². The molecule has 0 saturated heterocycles. The lowest BCUT2D eigenvalue weighted by molar-refractivity contribution is -0.116. The number of nitrogens with one attached hydrogen (secondary N) is 1. The number of anilines is 2. The van der Waals surface area contributed by atoms with E-state index < -0.39 is 29.1 Å². The number of aromatic nitrogens is 2. The average molecular weight is 425 g/mol. The minimum Gasteiger partial charge on any atom is -0.433 e. The molecule has 0 radical (unpaired) electrons. The first-order valence-corrected chi connectivity index (χ1v) is 9.53. The third kappa shape index (κ3) is 4.28. The van der Waals surface area contributed by atoms with Crippen molar-refractivity contribution < 1.29 is 22.7 Å². The summed E-state index contributed by atoms with van der Waals surface area (Å²) in [5.74, 6) is -3.52. The summed E-state index contributed by atoms with van der Waals surface area (Å²) in [5.41, 5.74) is 2.51. The number of fused-ring (bicyclic) bond motifs is 1. The monoisotopic (exact) mass is 425 g/mol. The van der Waals surface area contributed by atoms with Crippen LogP contribution in [-0.2, 0) is 17.6 Å². The Kier molecular flexibility index (Phi) is 5.46. The van der Waals surface area contributed by atoms with E-state index in [0.29, 0.717) is 18.5 Å². The summed E-state index contributed by atoms with van der Waals surface area (Å²) >= 11 is 0. The average Bonchev–Trinajstić information content (AvgIpc) is 3.12. The number of rotatable bonds is 6. The molecule has 0 unspecified atom stereocenters. The van der Waals surface area contributed by atoms with Gasteiger partial charge in [0.25, 0.3) is 5.88 Å². The Balaban J connectivity index is 1.58. The van der Waals surface area contributed by atoms with E-state index in [1.54, 1.807) is 37.3 Å². The molecule has 1 aliphatic rings. The predicted octanol–water partition coefficient (Wildman–Crippen LogP) is 5.52. The summed E-state index contributed by atoms with van der Waals surface area (Å²) in [6.45, 7) is 3.27. The lowest BCUT2D eigenvalue weighted by Gasteiger charge is -2.12. The molecule has 0 saturated carbocycles. The quantitative estimate of drug-likeness (QED) is 0.563. The lowest BCUT2D eigenvalue weighted by Crippen LogP contribution is -2.03. The molecule has 0 spiro atoms. The van der Waals surface area contributed by atoms with Gasteiger partial charge < -0.3 is 10.1 Å². The first-order chi connectivity index (χ1) is 14.8. The summed E-state index contributed by atoms with van der Waals surface area (Å²) < 4.78 is 49.3. The van der Waals surface area contributed by atoms with Gasteiger partial charge in [-0.25, -0.2) is 13.8 Å². The number of Topliss-reactive ketones (excluding diaryl/α,β-unsaturated/α-hetero) is 1. The molecule has 1 aliphatic carbocycles. The van der Waals surface area contributed by atoms with Gasteiger partial charge in [0, 0.05) is 29.3 Å². The molecular weight excluding hydrogens is 407 g/mol. The van der Waals surface area contributed by atoms with Crippen molar-refractivity contribution in [3.05, 3.63) is 76.4 Å². The van der Waals surface area contributed by atoms with Crippen molar-refractivity contribution >= 4 is 23.4 Å². The maximum Gasteiger partial charge on any atom is 0.261 e. The number of hydrogen-bond acceptors (Lipinski definition) is 5. The highest BCUT2D eigenvalue weighted by Crippen LogP contribution is 2.37. The largest absolute Gasteiger partial charge is 0.433 e. The topological polar surface area (TPSA) is 64.1 Å². The van der Waals surface area contributed by atoms with E-state index in [1.165, 1.54) is 6.92 Å². The molecule has 0 atom stereocenters. The zero-order valence-electron chi connectivity index (χ0n) is 16.8. The van der Waals surface area contributed by atoms with E-state index in [1.807, 2.05) is 0 Å². The van der Waals surface area contributed by atoms with Gasteiger partial charge in [-0.15, -0.1) is 0 Å². The van der Waals surface area contributed by atoms with Crippen molar-refractivity contribution in [2.45, 2.75) is 26.7 Å². The smallest absolute Gasteiger partial charge is 0.261 e. The molecule has 1 N–H and O–H groups in total. The van der Waals surface area contributed by atoms with Crippen molar-refractivity contribution in [3.8, 4) is 11.6 Å². The predicted molar refractivity (Wildman–Crippen MR) is 110 cm³/mol. The standard InChI is InChI=1S/C23H18F3N3O2/c1-12-7-16-17(8-12)20(25)19(10-18(16)24)31-23-21(26)22(27-11-28-23)29-15-5-3-14(4-6-15)9-13(2)30/h3-6,8,10-11H,7,9H2,1-2H3,(H,27,28,29). The van der Waals surface area contributed by atoms with E-state index in [0.717, 1.165) is 23.5 Å². The van der Waals surface area contributed by atoms with Gasteiger partial charge in [0.1, 0.15) is 17.9 Å². The summed E-state index contributed by atoms with van der Waals surface area (Å²) in [5, 5.41) is 2.78. The Bertz CT molecular complexity index is 1210. The fraction of sp³-hybridized carbons (Fsp3) is 0.174. The van der Waals surface area contributed by atoms with Crippen LogP contribution in [0.25, 0.3) is 6.08 Å². The molecule has 31 heavy (non-hydrogen) atoms. The molecule has 5 nitrogen and oxygen atoms in total. The van der Waals surface area contributed by atoms with Gasteiger partial charge in [-0.3, -0.25) is 4.79 Å². The van der Waals surface area contributed by atoms with Crippen molar-refractivity contribution in [1.29, 1.82) is 0 Å². The van der Waals surface area contributed by atoms with Crippen LogP contribution in [0.15, 0.2) is 42.2 Å². The van der Waals surface area contributed by atoms with Crippen LogP contribution < -0.4 is 10.1 Å². The van der Waals surface area contributed by atoms with Crippen molar-refractivity contribution in [2.75, 3.05) is 5.32 Å². The van der Waals surface area contributed by atoms with Crippen LogP contribution in [0.5, 0.6) is 11.6 Å². The molecule has 0 amide bonds. The number of benzene rings is 2. The summed E-state index contributed by atoms with van der Waals surface area (Å²) in [6, 6.07) is 7.70. The molecule has 2 aromatic carbocycles. The second-order valence-corrected chi connectivity index (χ2v) is 7.37. The fourth-order valence-corrected chi connectivity index (χ4v) is 3.39. The highest BCUT2D eigenvalue weighted by Gasteiger charge is 2.24. The Morgan fingerprint density at radius 1 is 1.13 bits per heavy atom. The minimum absolute atomic E-state index is 0.0326. The number of hydrogen-bond donors (Lipinski definition) is 1. The number of carbonyl (C=O) groups excluding carboxylic acids is 1. The number of nitrogens with zero attached hydrogens (tertiary/aromatic N) is 2. The SMILES string of the molecule is CC(=O)Cc1ccc(Nc2ncnc(Oc3cc(F)c4c(c3F)C=C(C)C4)c2F)cc1. The Hall–Kier alpha value is -3.68. The van der Waals surface area contributed by atoms with Gasteiger partial charge in [0.05, 0.1) is 0 Å². The second-order valence-electron chi connectivity index (χ2n) is 7.37. The summed E-state index contributed by atoms with van der Waals surface area (Å²) in [7, 11) is 0. The number of ether oxygens (including phenoxy) is 1. The molecule has 3 aromatic rings. The fourth-order valence-electron chi connectivity index (χ4n) is 3.39. The molecule has 4 rings (SSSR count). The van der Waals surface area contributed by atoms with Crippen LogP contribution in [0.4, 0.5) is 24.7 Å². The van der Waals surface area contributed by atoms with Gasteiger partial charge in [0.2, 0.25) is 5.82 Å². The molecular formula is C23H18F3N3O2. The van der Waals surface area contributed by atoms with Crippen molar-refractivity contribution in [1.82, 2.24) is 9.97 Å². The molecule has 0 bridgehead atoms. The van der Waals surface area contributed by atoms with E-state index >= 15 is 0 Å². The maximum absolute atomic E-state index is 14.9. The van der Waals surface area contributed by atoms with Gasteiger partial charge in [-0.05, 0) is 38.0 Å². The molecule has 8 heteroatoms. The molecule has 0 fully saturated rings. The highest BCUT2D eigenvalue weighted by molar-refractivity contribution is 5.78. The van der Waals surface area contributed by atoms with Crippen LogP contribution in [-0.4, -0.2) is 15.8 Å². The van der Waals surface area contributed by atoms with Crippen LogP contribution in [0.3, 0.4) is 0 Å². The van der Waals surface area contributed by atoms with Crippen molar-refractivity contribution in [3.63, 3.8) is 0 Å². The van der Waals surface area contributed by atoms with Crippen molar-refractivity contribution in [2.24, 2.45) is 0 Å². The zero-order chi connectivity index (χ0) is 22.1. The number of ketones is 1. The van der Waals surface area contributed by atoms with E-state index in [2.05, 4.69) is 15.3 Å². The Morgan fingerprint density at radius 3 is 2.58 bits per heavy atom. The Labute approximate surface area is 176 Å². The lowest BCUT2D eigenvalue weighted by atomic mass is 10.1. The first kappa shape index (κ1) is 20.6. The minimum atomic E-state index is -0.956. The normalized spacial score (nSPS) is 12.4. The summed E-state index contributed by atoms with van der Waals surface area (Å²) in [4.78, 5) is 18.8. The van der Waals surface area contributed by atoms with Crippen LogP contribution in [0.1, 0.15) is 30.5 Å². The third-order valence-corrected chi connectivity index (χ3v) is 4.80. The highest BCUT2D eigenvalue weighted by atomic mass is 19.1. The van der Waals surface area contributed by atoms with Gasteiger partial charge in [0.15, 0.2) is 17.4 Å². The van der Waals surface area contributed by atoms with Crippen LogP contribution in [0.2, 0.25) is 0 Å². The molecule has 0 aliphatic heterocycles. The van der Waals surface area contributed by atoms with Gasteiger partial charge >= 0.3 is 0 Å². The summed E-state index contributed by atoms with van der Waals surface area (Å²) in [6.07, 6.45) is 3.22. The molecule has 158 valence electrons.